The van der Waals surface area contributed by atoms with E-state index in [0.717, 1.165) is 11.3 Å². The maximum Gasteiger partial charge on any atom is 0.213 e. The Labute approximate surface area is 194 Å². The lowest BCUT2D eigenvalue weighted by Crippen LogP contribution is -2.13. The molecule has 0 aliphatic rings. The van der Waals surface area contributed by atoms with Crippen molar-refractivity contribution in [1.29, 1.82) is 0 Å². The first-order chi connectivity index (χ1) is 14.7. The van der Waals surface area contributed by atoms with Gasteiger partial charge in [-0.05, 0) is 41.3 Å². The quantitative estimate of drug-likeness (QED) is 0.321. The molecule has 0 amide bonds. The summed E-state index contributed by atoms with van der Waals surface area (Å²) in [6.45, 7) is 6.36. The number of halogens is 1. The zero-order valence-corrected chi connectivity index (χ0v) is 20.1. The van der Waals surface area contributed by atoms with E-state index < -0.39 is 11.0 Å². The zero-order valence-electron chi connectivity index (χ0n) is 17.7. The minimum Gasteiger partial charge on any atom is -0.330 e. The molecule has 0 fully saturated rings. The van der Waals surface area contributed by atoms with E-state index in [4.69, 9.17) is 11.6 Å². The largest absolute Gasteiger partial charge is 0.330 e. The van der Waals surface area contributed by atoms with Crippen molar-refractivity contribution < 1.29 is 9.00 Å². The lowest BCUT2D eigenvalue weighted by atomic mass is 9.87. The molecule has 0 aliphatic carbocycles. The normalized spacial score (nSPS) is 12.3. The Morgan fingerprint density at radius 1 is 1.10 bits per heavy atom. The van der Waals surface area contributed by atoms with Crippen LogP contribution < -0.4 is 9.44 Å². The number of hydrogen-bond donors (Lipinski definition) is 2. The molecule has 0 aliphatic heterocycles. The van der Waals surface area contributed by atoms with Gasteiger partial charge >= 0.3 is 0 Å². The van der Waals surface area contributed by atoms with Crippen LogP contribution in [0.4, 0.5) is 11.4 Å². The van der Waals surface area contributed by atoms with Gasteiger partial charge in [0.1, 0.15) is 16.7 Å². The van der Waals surface area contributed by atoms with Crippen LogP contribution in [-0.4, -0.2) is 21.2 Å². The van der Waals surface area contributed by atoms with Crippen LogP contribution in [0.1, 0.15) is 42.4 Å². The fourth-order valence-corrected chi connectivity index (χ4v) is 4.29. The Bertz CT molecular complexity index is 1110. The smallest absolute Gasteiger partial charge is 0.213 e. The van der Waals surface area contributed by atoms with Crippen LogP contribution in [0, 0.1) is 0 Å². The average Bonchev–Trinajstić information content (AvgIpc) is 2.73. The molecule has 1 heterocycles. The molecule has 162 valence electrons. The molecule has 1 atom stereocenters. The molecule has 2 aromatic carbocycles. The molecule has 1 aromatic heterocycles. The minimum absolute atomic E-state index is 0.00356. The number of pyridine rings is 1. The first kappa shape index (κ1) is 23.3. The van der Waals surface area contributed by atoms with Gasteiger partial charge < -0.3 is 4.72 Å². The molecular weight excluding hydrogens is 450 g/mol. The van der Waals surface area contributed by atoms with Crippen LogP contribution in [-0.2, 0) is 16.4 Å². The van der Waals surface area contributed by atoms with Gasteiger partial charge in [0.2, 0.25) is 5.78 Å². The summed E-state index contributed by atoms with van der Waals surface area (Å²) in [7, 11) is -1.58. The molecule has 0 spiro atoms. The van der Waals surface area contributed by atoms with E-state index in [1.54, 1.807) is 24.3 Å². The summed E-state index contributed by atoms with van der Waals surface area (Å²) in [6, 6.07) is 16.3. The summed E-state index contributed by atoms with van der Waals surface area (Å²) < 4.78 is 18.9. The van der Waals surface area contributed by atoms with E-state index >= 15 is 0 Å². The molecule has 2 N–H and O–H groups in total. The highest BCUT2D eigenvalue weighted by molar-refractivity contribution is 7.99. The molecule has 0 bridgehead atoms. The van der Waals surface area contributed by atoms with E-state index in [-0.39, 0.29) is 16.9 Å². The maximum atomic E-state index is 13.1. The lowest BCUT2D eigenvalue weighted by Gasteiger charge is -2.19. The predicted molar refractivity (Wildman–Crippen MR) is 131 cm³/mol. The van der Waals surface area contributed by atoms with Gasteiger partial charge in [-0.15, -0.1) is 0 Å². The SMILES string of the molecule is CSNc1cccc(C(=O)c2ncc(Cl)cc2NS(=O)c2ccc(C(C)(C)C)cc2)c1. The van der Waals surface area contributed by atoms with E-state index in [1.165, 1.54) is 18.1 Å². The number of anilines is 2. The molecule has 0 radical (unpaired) electrons. The number of nitrogens with one attached hydrogen (secondary N) is 2. The van der Waals surface area contributed by atoms with Crippen LogP contribution in [0.3, 0.4) is 0 Å². The van der Waals surface area contributed by atoms with Crippen LogP contribution >= 0.6 is 23.5 Å². The van der Waals surface area contributed by atoms with E-state index in [1.807, 2.05) is 36.6 Å². The highest BCUT2D eigenvalue weighted by Crippen LogP contribution is 2.26. The average molecular weight is 474 g/mol. The van der Waals surface area contributed by atoms with Crippen molar-refractivity contribution in [2.24, 2.45) is 0 Å². The predicted octanol–water partition coefficient (Wildman–Crippen LogP) is 6.09. The van der Waals surface area contributed by atoms with Gasteiger partial charge in [-0.3, -0.25) is 9.52 Å². The number of rotatable bonds is 7. The van der Waals surface area contributed by atoms with Crippen molar-refractivity contribution >= 4 is 51.7 Å². The summed E-state index contributed by atoms with van der Waals surface area (Å²) >= 11 is 7.55. The number of hydrogen-bond acceptors (Lipinski definition) is 5. The van der Waals surface area contributed by atoms with Crippen molar-refractivity contribution in [3.8, 4) is 0 Å². The Morgan fingerprint density at radius 3 is 2.45 bits per heavy atom. The fourth-order valence-electron chi connectivity index (χ4n) is 2.91. The molecular formula is C23H24ClN3O2S2. The molecule has 5 nitrogen and oxygen atoms in total. The van der Waals surface area contributed by atoms with Crippen molar-refractivity contribution in [1.82, 2.24) is 4.98 Å². The lowest BCUT2D eigenvalue weighted by molar-refractivity contribution is 0.103. The summed E-state index contributed by atoms with van der Waals surface area (Å²) in [5.74, 6) is -0.288. The summed E-state index contributed by atoms with van der Waals surface area (Å²) in [5.41, 5.74) is 2.90. The highest BCUT2D eigenvalue weighted by Gasteiger charge is 2.19. The zero-order chi connectivity index (χ0) is 22.6. The van der Waals surface area contributed by atoms with Gasteiger partial charge in [-0.2, -0.15) is 0 Å². The second-order valence-corrected chi connectivity index (χ2v) is 10.2. The summed E-state index contributed by atoms with van der Waals surface area (Å²) in [4.78, 5) is 17.9. The first-order valence-electron chi connectivity index (χ1n) is 9.57. The number of nitrogens with zero attached hydrogens (tertiary/aromatic N) is 1. The highest BCUT2D eigenvalue weighted by atomic mass is 35.5. The molecule has 3 aromatic rings. The molecule has 8 heteroatoms. The monoisotopic (exact) mass is 473 g/mol. The number of ketones is 1. The Morgan fingerprint density at radius 2 is 1.81 bits per heavy atom. The van der Waals surface area contributed by atoms with Crippen LogP contribution in [0.2, 0.25) is 5.02 Å². The Balaban J connectivity index is 1.89. The third-order valence-electron chi connectivity index (χ3n) is 4.55. The van der Waals surface area contributed by atoms with E-state index in [0.29, 0.717) is 21.2 Å². The third kappa shape index (κ3) is 5.87. The van der Waals surface area contributed by atoms with Gasteiger partial charge in [0, 0.05) is 23.7 Å². The second-order valence-electron chi connectivity index (χ2n) is 7.91. The number of carbonyl (C=O) groups is 1. The van der Waals surface area contributed by atoms with Gasteiger partial charge in [0.05, 0.1) is 15.6 Å². The van der Waals surface area contributed by atoms with Crippen molar-refractivity contribution in [2.45, 2.75) is 31.1 Å². The van der Waals surface area contributed by atoms with Crippen molar-refractivity contribution in [3.05, 3.63) is 82.6 Å². The molecule has 1 unspecified atom stereocenters. The van der Waals surface area contributed by atoms with Crippen LogP contribution in [0.5, 0.6) is 0 Å². The number of benzene rings is 2. The van der Waals surface area contributed by atoms with Crippen molar-refractivity contribution in [2.75, 3.05) is 15.7 Å². The van der Waals surface area contributed by atoms with E-state index in [9.17, 15) is 9.00 Å². The van der Waals surface area contributed by atoms with Gasteiger partial charge in [-0.1, -0.05) is 68.6 Å². The Kier molecular flexibility index (Phi) is 7.41. The fraction of sp³-hybridized carbons (Fsp3) is 0.217. The molecule has 31 heavy (non-hydrogen) atoms. The van der Waals surface area contributed by atoms with Crippen LogP contribution in [0.25, 0.3) is 0 Å². The minimum atomic E-state index is -1.58. The first-order valence-corrected chi connectivity index (χ1v) is 12.3. The van der Waals surface area contributed by atoms with Gasteiger partial charge in [-0.25, -0.2) is 9.19 Å². The third-order valence-corrected chi connectivity index (χ3v) is 6.30. The standard InChI is InChI=1S/C23H24ClN3O2S2/c1-23(2,3)16-8-10-19(11-9-16)31(29)27-20-13-17(24)14-25-21(20)22(28)15-6-5-7-18(12-15)26-30-4/h5-14,26-27H,1-4H3. The van der Waals surface area contributed by atoms with Crippen LogP contribution in [0.15, 0.2) is 65.7 Å². The molecule has 3 rings (SSSR count). The Hall–Kier alpha value is -2.35. The summed E-state index contributed by atoms with van der Waals surface area (Å²) in [5, 5.41) is 0.344. The second kappa shape index (κ2) is 9.85. The number of aromatic nitrogens is 1. The summed E-state index contributed by atoms with van der Waals surface area (Å²) in [6.07, 6.45) is 3.31. The molecule has 0 saturated heterocycles. The van der Waals surface area contributed by atoms with Crippen molar-refractivity contribution in [3.63, 3.8) is 0 Å². The maximum absolute atomic E-state index is 13.1. The number of carbonyl (C=O) groups excluding carboxylic acids is 1. The molecule has 0 saturated carbocycles. The van der Waals surface area contributed by atoms with Gasteiger partial charge in [0.15, 0.2) is 0 Å². The van der Waals surface area contributed by atoms with Gasteiger partial charge in [0.25, 0.3) is 0 Å². The topological polar surface area (TPSA) is 71.1 Å². The van der Waals surface area contributed by atoms with E-state index in [2.05, 4.69) is 35.2 Å².